The number of carboxylic acid groups (broad SMARTS) is 1. The fourth-order valence-electron chi connectivity index (χ4n) is 3.28. The molecule has 1 fully saturated rings. The van der Waals surface area contributed by atoms with E-state index in [1.807, 2.05) is 25.1 Å². The second-order valence-electron chi connectivity index (χ2n) is 6.18. The zero-order valence-electron chi connectivity index (χ0n) is 13.9. The third-order valence-electron chi connectivity index (χ3n) is 4.63. The number of rotatable bonds is 3. The Morgan fingerprint density at radius 1 is 1.20 bits per heavy atom. The number of carboxylic acids is 1. The largest absolute Gasteiger partial charge is 0.480 e. The van der Waals surface area contributed by atoms with Gasteiger partial charge in [-0.05, 0) is 48.6 Å². The fourth-order valence-corrected chi connectivity index (χ4v) is 3.28. The summed E-state index contributed by atoms with van der Waals surface area (Å²) in [5, 5.41) is 18.6. The third kappa shape index (κ3) is 3.11. The van der Waals surface area contributed by atoms with Crippen molar-refractivity contribution in [3.63, 3.8) is 0 Å². The number of aliphatic carboxylic acids is 1. The summed E-state index contributed by atoms with van der Waals surface area (Å²) in [6, 6.07) is 14.1. The van der Waals surface area contributed by atoms with Crippen molar-refractivity contribution in [1.82, 2.24) is 4.90 Å². The first-order chi connectivity index (χ1) is 12.0. The van der Waals surface area contributed by atoms with Gasteiger partial charge in [-0.2, -0.15) is 5.26 Å². The van der Waals surface area contributed by atoms with Crippen LogP contribution in [0, 0.1) is 18.3 Å². The first-order valence-corrected chi connectivity index (χ1v) is 8.17. The molecule has 0 saturated carbocycles. The van der Waals surface area contributed by atoms with Gasteiger partial charge in [0.2, 0.25) is 0 Å². The number of hydrogen-bond donors (Lipinski definition) is 1. The molecule has 2 aromatic rings. The molecule has 5 heteroatoms. The van der Waals surface area contributed by atoms with Crippen molar-refractivity contribution in [3.8, 4) is 17.2 Å². The number of nitriles is 1. The summed E-state index contributed by atoms with van der Waals surface area (Å²) in [5.74, 6) is -1.22. The van der Waals surface area contributed by atoms with Crippen LogP contribution in [0.2, 0.25) is 0 Å². The number of likely N-dealkylation sites (tertiary alicyclic amines) is 1. The SMILES string of the molecule is Cc1cccc(-c2ccc(C(=O)N3CCCC3C(=O)O)cc2)c1C#N. The van der Waals surface area contributed by atoms with Crippen molar-refractivity contribution in [3.05, 3.63) is 59.2 Å². The highest BCUT2D eigenvalue weighted by atomic mass is 16.4. The van der Waals surface area contributed by atoms with Crippen molar-refractivity contribution in [2.75, 3.05) is 6.54 Å². The molecule has 5 nitrogen and oxygen atoms in total. The molecule has 2 aromatic carbocycles. The van der Waals surface area contributed by atoms with Gasteiger partial charge in [0, 0.05) is 12.1 Å². The van der Waals surface area contributed by atoms with E-state index in [1.165, 1.54) is 4.90 Å². The zero-order chi connectivity index (χ0) is 18.0. The van der Waals surface area contributed by atoms with Gasteiger partial charge in [0.1, 0.15) is 12.1 Å². The Morgan fingerprint density at radius 2 is 1.92 bits per heavy atom. The number of carbonyl (C=O) groups is 2. The number of aryl methyl sites for hydroxylation is 1. The van der Waals surface area contributed by atoms with Gasteiger partial charge in [0.25, 0.3) is 5.91 Å². The minimum atomic E-state index is -0.958. The average Bonchev–Trinajstić information content (AvgIpc) is 3.11. The van der Waals surface area contributed by atoms with Gasteiger partial charge in [-0.15, -0.1) is 0 Å². The number of amides is 1. The van der Waals surface area contributed by atoms with Crippen molar-refractivity contribution in [2.45, 2.75) is 25.8 Å². The molecule has 0 bridgehead atoms. The van der Waals surface area contributed by atoms with Gasteiger partial charge in [0.05, 0.1) is 5.56 Å². The second-order valence-corrected chi connectivity index (χ2v) is 6.18. The normalized spacial score (nSPS) is 16.5. The molecule has 1 amide bonds. The van der Waals surface area contributed by atoms with Crippen LogP contribution < -0.4 is 0 Å². The van der Waals surface area contributed by atoms with Crippen LogP contribution in [0.5, 0.6) is 0 Å². The smallest absolute Gasteiger partial charge is 0.326 e. The molecule has 0 aromatic heterocycles. The van der Waals surface area contributed by atoms with E-state index in [-0.39, 0.29) is 5.91 Å². The first-order valence-electron chi connectivity index (χ1n) is 8.17. The maximum Gasteiger partial charge on any atom is 0.326 e. The molecular formula is C20H18N2O3. The lowest BCUT2D eigenvalue weighted by Crippen LogP contribution is -2.40. The zero-order valence-corrected chi connectivity index (χ0v) is 13.9. The minimum absolute atomic E-state index is 0.263. The Bertz CT molecular complexity index is 866. The molecule has 1 atom stereocenters. The Hall–Kier alpha value is -3.13. The fraction of sp³-hybridized carbons (Fsp3) is 0.250. The summed E-state index contributed by atoms with van der Waals surface area (Å²) in [6.45, 7) is 2.35. The van der Waals surface area contributed by atoms with Crippen LogP contribution in [-0.4, -0.2) is 34.5 Å². The van der Waals surface area contributed by atoms with E-state index in [9.17, 15) is 20.0 Å². The van der Waals surface area contributed by atoms with Crippen molar-refractivity contribution >= 4 is 11.9 Å². The molecular weight excluding hydrogens is 316 g/mol. The van der Waals surface area contributed by atoms with Crippen molar-refractivity contribution < 1.29 is 14.7 Å². The van der Waals surface area contributed by atoms with Gasteiger partial charge in [-0.3, -0.25) is 4.79 Å². The van der Waals surface area contributed by atoms with Gasteiger partial charge in [-0.1, -0.05) is 30.3 Å². The van der Waals surface area contributed by atoms with Gasteiger partial charge in [-0.25, -0.2) is 4.79 Å². The lowest BCUT2D eigenvalue weighted by Gasteiger charge is -2.21. The van der Waals surface area contributed by atoms with Gasteiger partial charge >= 0.3 is 5.97 Å². The van der Waals surface area contributed by atoms with Crippen molar-refractivity contribution in [1.29, 1.82) is 5.26 Å². The van der Waals surface area contributed by atoms with Gasteiger partial charge in [0.15, 0.2) is 0 Å². The average molecular weight is 334 g/mol. The van der Waals surface area contributed by atoms with E-state index in [4.69, 9.17) is 0 Å². The summed E-state index contributed by atoms with van der Waals surface area (Å²) >= 11 is 0. The predicted octanol–water partition coefficient (Wildman–Crippen LogP) is 3.22. The van der Waals surface area contributed by atoms with Crippen LogP contribution in [0.3, 0.4) is 0 Å². The van der Waals surface area contributed by atoms with Crippen LogP contribution in [0.1, 0.15) is 34.3 Å². The maximum absolute atomic E-state index is 12.6. The maximum atomic E-state index is 12.6. The lowest BCUT2D eigenvalue weighted by atomic mass is 9.96. The molecule has 1 heterocycles. The Morgan fingerprint density at radius 3 is 2.56 bits per heavy atom. The van der Waals surface area contributed by atoms with E-state index < -0.39 is 12.0 Å². The molecule has 0 spiro atoms. The molecule has 1 aliphatic heterocycles. The van der Waals surface area contributed by atoms with Gasteiger partial charge < -0.3 is 10.0 Å². The molecule has 1 N–H and O–H groups in total. The highest BCUT2D eigenvalue weighted by Gasteiger charge is 2.34. The summed E-state index contributed by atoms with van der Waals surface area (Å²) < 4.78 is 0. The predicted molar refractivity (Wildman–Crippen MR) is 93.0 cm³/mol. The van der Waals surface area contributed by atoms with Crippen LogP contribution in [-0.2, 0) is 4.79 Å². The number of benzene rings is 2. The van der Waals surface area contributed by atoms with Crippen LogP contribution in [0.25, 0.3) is 11.1 Å². The molecule has 0 aliphatic carbocycles. The highest BCUT2D eigenvalue weighted by Crippen LogP contribution is 2.27. The molecule has 126 valence electrons. The van der Waals surface area contributed by atoms with E-state index in [2.05, 4.69) is 6.07 Å². The summed E-state index contributed by atoms with van der Waals surface area (Å²) in [6.07, 6.45) is 1.20. The third-order valence-corrected chi connectivity index (χ3v) is 4.63. The standard InChI is InChI=1S/C20H18N2O3/c1-13-4-2-5-16(17(13)12-21)14-7-9-15(10-8-14)19(23)22-11-3-6-18(22)20(24)25/h2,4-5,7-10,18H,3,6,11H2,1H3,(H,24,25). The van der Waals surface area contributed by atoms with Crippen LogP contribution in [0.4, 0.5) is 0 Å². The van der Waals surface area contributed by atoms with Crippen LogP contribution >= 0.6 is 0 Å². The lowest BCUT2D eigenvalue weighted by molar-refractivity contribution is -0.141. The Labute approximate surface area is 146 Å². The number of carbonyl (C=O) groups excluding carboxylic acids is 1. The van der Waals surface area contributed by atoms with E-state index in [1.54, 1.807) is 24.3 Å². The molecule has 1 saturated heterocycles. The first kappa shape index (κ1) is 16.7. The highest BCUT2D eigenvalue weighted by molar-refractivity contribution is 5.97. The molecule has 25 heavy (non-hydrogen) atoms. The summed E-state index contributed by atoms with van der Waals surface area (Å²) in [7, 11) is 0. The van der Waals surface area contributed by atoms with Crippen LogP contribution in [0.15, 0.2) is 42.5 Å². The molecule has 1 unspecified atom stereocenters. The molecule has 3 rings (SSSR count). The Balaban J connectivity index is 1.89. The number of nitrogens with zero attached hydrogens (tertiary/aromatic N) is 2. The number of hydrogen-bond acceptors (Lipinski definition) is 3. The minimum Gasteiger partial charge on any atom is -0.480 e. The summed E-state index contributed by atoms with van der Waals surface area (Å²) in [4.78, 5) is 25.3. The summed E-state index contributed by atoms with van der Waals surface area (Å²) in [5.41, 5.74) is 3.66. The monoisotopic (exact) mass is 334 g/mol. The molecule has 1 aliphatic rings. The van der Waals surface area contributed by atoms with E-state index in [0.717, 1.165) is 16.7 Å². The topological polar surface area (TPSA) is 81.4 Å². The van der Waals surface area contributed by atoms with E-state index in [0.29, 0.717) is 30.5 Å². The van der Waals surface area contributed by atoms with E-state index >= 15 is 0 Å². The molecule has 0 radical (unpaired) electrons. The van der Waals surface area contributed by atoms with Crippen molar-refractivity contribution in [2.24, 2.45) is 0 Å². The quantitative estimate of drug-likeness (QED) is 0.934. The second kappa shape index (κ2) is 6.78. The Kier molecular flexibility index (Phi) is 4.53.